The van der Waals surface area contributed by atoms with Crippen molar-refractivity contribution in [2.45, 2.75) is 0 Å². The molecule has 0 atom stereocenters. The van der Waals surface area contributed by atoms with Gasteiger partial charge in [0.1, 0.15) is 11.2 Å². The number of furan rings is 1. The zero-order chi connectivity index (χ0) is 45.7. The maximum absolute atomic E-state index is 6.66. The molecule has 5 nitrogen and oxygen atoms in total. The van der Waals surface area contributed by atoms with Crippen LogP contribution >= 0.6 is 0 Å². The van der Waals surface area contributed by atoms with E-state index in [4.69, 9.17) is 19.4 Å². The number of rotatable bonds is 9. The third-order valence-corrected chi connectivity index (χ3v) is 18.4. The van der Waals surface area contributed by atoms with Crippen LogP contribution in [0.2, 0.25) is 0 Å². The highest BCUT2D eigenvalue weighted by molar-refractivity contribution is 7.20. The normalized spacial score (nSPS) is 11.8. The van der Waals surface area contributed by atoms with Gasteiger partial charge in [-0.2, -0.15) is 9.97 Å². The van der Waals surface area contributed by atoms with Gasteiger partial charge in [0.15, 0.2) is 19.7 Å². The van der Waals surface area contributed by atoms with Crippen LogP contribution < -0.4 is 20.7 Å². The SMILES string of the molecule is c1ccc(-c2cccc([Si](c3ccccc3)(c3ccccc3)c3cccc(-c4nc(-c5cccc6c5oc5ccccc56)nc(-n5c6ccccc6c6cc(-c7ccccc7)ccc65)n4)c3)c2)cc1. The Morgan fingerprint density at radius 1 is 0.319 bits per heavy atom. The van der Waals surface area contributed by atoms with Crippen LogP contribution in [0.1, 0.15) is 0 Å². The van der Waals surface area contributed by atoms with Gasteiger partial charge in [-0.05, 0) is 73.3 Å². The molecule has 0 aliphatic heterocycles. The molecule has 13 rings (SSSR count). The Balaban J connectivity index is 1.08. The van der Waals surface area contributed by atoms with E-state index in [1.165, 1.54) is 31.9 Å². The summed E-state index contributed by atoms with van der Waals surface area (Å²) in [6, 6.07) is 91.1. The Labute approximate surface area is 400 Å². The van der Waals surface area contributed by atoms with Gasteiger partial charge in [0, 0.05) is 27.1 Å². The van der Waals surface area contributed by atoms with Crippen LogP contribution in [0, 0.1) is 0 Å². The van der Waals surface area contributed by atoms with Crippen molar-refractivity contribution in [3.63, 3.8) is 0 Å². The van der Waals surface area contributed by atoms with E-state index in [1.54, 1.807) is 0 Å². The first-order valence-corrected chi connectivity index (χ1v) is 25.3. The third kappa shape index (κ3) is 6.80. The lowest BCUT2D eigenvalue weighted by Gasteiger charge is -2.35. The Kier molecular flexibility index (Phi) is 9.77. The first-order chi connectivity index (χ1) is 34.2. The van der Waals surface area contributed by atoms with E-state index in [0.717, 1.165) is 66.0 Å². The highest BCUT2D eigenvalue weighted by atomic mass is 28.3. The molecule has 324 valence electrons. The number of aromatic nitrogens is 4. The van der Waals surface area contributed by atoms with Crippen LogP contribution in [0.15, 0.2) is 259 Å². The second-order valence-corrected chi connectivity index (χ2v) is 21.3. The fourth-order valence-corrected chi connectivity index (χ4v) is 15.3. The van der Waals surface area contributed by atoms with Crippen LogP contribution in [0.3, 0.4) is 0 Å². The highest BCUT2D eigenvalue weighted by Gasteiger charge is 2.42. The summed E-state index contributed by atoms with van der Waals surface area (Å²) in [5.74, 6) is 1.62. The van der Waals surface area contributed by atoms with Crippen molar-refractivity contribution >= 4 is 72.6 Å². The molecule has 13 aromatic rings. The summed E-state index contributed by atoms with van der Waals surface area (Å²) in [7, 11) is -3.03. The molecule has 3 aromatic heterocycles. The maximum Gasteiger partial charge on any atom is 0.238 e. The molecule has 0 unspecified atom stereocenters. The lowest BCUT2D eigenvalue weighted by molar-refractivity contribution is 0.669. The van der Waals surface area contributed by atoms with E-state index in [0.29, 0.717) is 17.6 Å². The Hall–Kier alpha value is -8.97. The molecule has 3 heterocycles. The molecule has 0 aliphatic rings. The second kappa shape index (κ2) is 16.7. The first-order valence-electron chi connectivity index (χ1n) is 23.3. The predicted molar refractivity (Wildman–Crippen MR) is 287 cm³/mol. The van der Waals surface area contributed by atoms with Gasteiger partial charge in [-0.1, -0.05) is 224 Å². The monoisotopic (exact) mass is 898 g/mol. The molecular formula is C63H42N4OSi. The Morgan fingerprint density at radius 2 is 0.812 bits per heavy atom. The summed E-state index contributed by atoms with van der Waals surface area (Å²) in [4.78, 5) is 16.3. The molecule has 0 saturated carbocycles. The van der Waals surface area contributed by atoms with Gasteiger partial charge in [-0.25, -0.2) is 4.98 Å². The van der Waals surface area contributed by atoms with Crippen LogP contribution in [0.25, 0.3) is 94.7 Å². The van der Waals surface area contributed by atoms with E-state index in [2.05, 4.69) is 241 Å². The van der Waals surface area contributed by atoms with Crippen molar-refractivity contribution in [2.24, 2.45) is 0 Å². The summed E-state index contributed by atoms with van der Waals surface area (Å²) >= 11 is 0. The molecule has 0 bridgehead atoms. The second-order valence-electron chi connectivity index (χ2n) is 17.5. The molecular weight excluding hydrogens is 857 g/mol. The average molecular weight is 899 g/mol. The van der Waals surface area contributed by atoms with E-state index in [1.807, 2.05) is 18.2 Å². The number of benzene rings is 10. The fourth-order valence-electron chi connectivity index (χ4n) is 10.5. The topological polar surface area (TPSA) is 56.7 Å². The van der Waals surface area contributed by atoms with Gasteiger partial charge < -0.3 is 4.42 Å². The van der Waals surface area contributed by atoms with Gasteiger partial charge in [-0.3, -0.25) is 4.57 Å². The Morgan fingerprint density at radius 3 is 1.51 bits per heavy atom. The molecule has 0 fully saturated rings. The van der Waals surface area contributed by atoms with Gasteiger partial charge >= 0.3 is 0 Å². The van der Waals surface area contributed by atoms with Gasteiger partial charge in [-0.15, -0.1) is 0 Å². The van der Waals surface area contributed by atoms with Crippen molar-refractivity contribution in [3.8, 4) is 51.0 Å². The molecule has 0 aliphatic carbocycles. The molecule has 0 radical (unpaired) electrons. The summed E-state index contributed by atoms with van der Waals surface area (Å²) in [6.07, 6.45) is 0. The van der Waals surface area contributed by atoms with Crippen molar-refractivity contribution in [1.29, 1.82) is 0 Å². The van der Waals surface area contributed by atoms with Crippen molar-refractivity contribution in [2.75, 3.05) is 0 Å². The zero-order valence-corrected chi connectivity index (χ0v) is 38.4. The molecule has 0 amide bonds. The number of fused-ring (bicyclic) bond motifs is 6. The molecule has 10 aromatic carbocycles. The molecule has 0 N–H and O–H groups in total. The average Bonchev–Trinajstić information content (AvgIpc) is 3.98. The van der Waals surface area contributed by atoms with Crippen LogP contribution in [-0.4, -0.2) is 27.6 Å². The minimum Gasteiger partial charge on any atom is -0.455 e. The highest BCUT2D eigenvalue weighted by Crippen LogP contribution is 2.38. The predicted octanol–water partition coefficient (Wildman–Crippen LogP) is 12.9. The molecule has 0 spiro atoms. The van der Waals surface area contributed by atoms with Crippen LogP contribution in [0.4, 0.5) is 0 Å². The molecule has 69 heavy (non-hydrogen) atoms. The summed E-state index contributed by atoms with van der Waals surface area (Å²) < 4.78 is 8.85. The van der Waals surface area contributed by atoms with Crippen molar-refractivity contribution in [3.05, 3.63) is 255 Å². The minimum absolute atomic E-state index is 0.525. The Bertz CT molecular complexity index is 3980. The first kappa shape index (κ1) is 40.3. The maximum atomic E-state index is 6.66. The smallest absolute Gasteiger partial charge is 0.238 e. The van der Waals surface area contributed by atoms with E-state index in [-0.39, 0.29) is 0 Å². The van der Waals surface area contributed by atoms with Gasteiger partial charge in [0.2, 0.25) is 5.95 Å². The van der Waals surface area contributed by atoms with Crippen LogP contribution in [0.5, 0.6) is 0 Å². The largest absolute Gasteiger partial charge is 0.455 e. The molecule has 0 saturated heterocycles. The van der Waals surface area contributed by atoms with E-state index in [9.17, 15) is 0 Å². The van der Waals surface area contributed by atoms with E-state index < -0.39 is 8.07 Å². The zero-order valence-electron chi connectivity index (χ0n) is 37.4. The number of nitrogens with zero attached hydrogens (tertiary/aromatic N) is 4. The number of para-hydroxylation sites is 3. The van der Waals surface area contributed by atoms with Gasteiger partial charge in [0.25, 0.3) is 0 Å². The minimum atomic E-state index is -3.03. The van der Waals surface area contributed by atoms with Crippen molar-refractivity contribution < 1.29 is 4.42 Å². The van der Waals surface area contributed by atoms with Gasteiger partial charge in [0.05, 0.1) is 16.6 Å². The summed E-state index contributed by atoms with van der Waals surface area (Å²) in [5.41, 5.74) is 9.94. The van der Waals surface area contributed by atoms with Crippen molar-refractivity contribution in [1.82, 2.24) is 19.5 Å². The fraction of sp³-hybridized carbons (Fsp3) is 0. The lowest BCUT2D eigenvalue weighted by Crippen LogP contribution is -2.74. The summed E-state index contributed by atoms with van der Waals surface area (Å²) in [5, 5.41) is 9.37. The lowest BCUT2D eigenvalue weighted by atomic mass is 10.0. The number of hydrogen-bond donors (Lipinski definition) is 0. The molecule has 6 heteroatoms. The quantitative estimate of drug-likeness (QED) is 0.107. The third-order valence-electron chi connectivity index (χ3n) is 13.6. The van der Waals surface area contributed by atoms with Crippen LogP contribution in [-0.2, 0) is 0 Å². The summed E-state index contributed by atoms with van der Waals surface area (Å²) in [6.45, 7) is 0. The number of hydrogen-bond acceptors (Lipinski definition) is 4. The standard InChI is InChI=1S/C63H42N4OSi/c1-5-20-43(21-6-1)45-24-17-30-50(40-45)69(48-26-9-3-10-27-48,49-28-11-4-12-29-49)51-31-18-25-47(41-51)61-64-62(55-35-19-34-54-53-33-14-16-37-59(53)68-60(54)55)66-63(65-61)67-57-36-15-13-32-52(57)56-42-46(38-39-58(56)67)44-22-7-2-8-23-44/h1-42H. The van der Waals surface area contributed by atoms with E-state index >= 15 is 0 Å².